The second-order valence-electron chi connectivity index (χ2n) is 6.49. The smallest absolute Gasteiger partial charge is 0.355 e. The first-order valence-corrected chi connectivity index (χ1v) is 9.42. The first-order chi connectivity index (χ1) is 14.2. The maximum atomic E-state index is 12.5. The van der Waals surface area contributed by atoms with Gasteiger partial charge in [-0.25, -0.2) is 9.59 Å². The van der Waals surface area contributed by atoms with Crippen LogP contribution in [-0.4, -0.2) is 83.9 Å². The van der Waals surface area contributed by atoms with Crippen molar-refractivity contribution < 1.29 is 33.3 Å². The highest BCUT2D eigenvalue weighted by Gasteiger charge is 2.33. The van der Waals surface area contributed by atoms with Crippen molar-refractivity contribution in [3.8, 4) is 5.75 Å². The largest absolute Gasteiger partial charge is 0.490 e. The zero-order valence-corrected chi connectivity index (χ0v) is 16.7. The summed E-state index contributed by atoms with van der Waals surface area (Å²) in [5.74, 6) is -0.700. The molecule has 0 spiro atoms. The molecule has 0 atom stereocenters. The summed E-state index contributed by atoms with van der Waals surface area (Å²) in [6.45, 7) is 4.50. The first-order valence-electron chi connectivity index (χ1n) is 9.42. The average Bonchev–Trinajstić information content (AvgIpc) is 2.78. The quantitative estimate of drug-likeness (QED) is 0.610. The first kappa shape index (κ1) is 21.1. The van der Waals surface area contributed by atoms with Gasteiger partial charge in [0.15, 0.2) is 0 Å². The Bertz CT molecular complexity index is 759. The standard InChI is InChI=1S/C20H26N2O7/c1-25-19(23)15-13-28-14-22(18(15)20(24)26-2)16-5-3-4-6-17(16)29-12-9-21-7-10-27-11-8-21/h3-6H,7-14H2,1-2H3. The number of nitrogens with zero attached hydrogens (tertiary/aromatic N) is 2. The molecular weight excluding hydrogens is 380 g/mol. The molecule has 1 fully saturated rings. The third-order valence-corrected chi connectivity index (χ3v) is 4.76. The van der Waals surface area contributed by atoms with E-state index in [0.29, 0.717) is 18.0 Å². The molecule has 0 N–H and O–H groups in total. The molecule has 3 rings (SSSR count). The molecule has 158 valence electrons. The number of carbonyl (C=O) groups is 2. The predicted molar refractivity (Wildman–Crippen MR) is 104 cm³/mol. The summed E-state index contributed by atoms with van der Waals surface area (Å²) in [6.07, 6.45) is 0. The predicted octanol–water partition coefficient (Wildman–Crippen LogP) is 0.792. The molecule has 1 aromatic rings. The van der Waals surface area contributed by atoms with E-state index < -0.39 is 11.9 Å². The van der Waals surface area contributed by atoms with Crippen LogP contribution < -0.4 is 9.64 Å². The highest BCUT2D eigenvalue weighted by atomic mass is 16.5. The SMILES string of the molecule is COC(=O)C1=C(C(=O)OC)N(c2ccccc2OCCN2CCOCC2)COC1. The Morgan fingerprint density at radius 2 is 1.76 bits per heavy atom. The summed E-state index contributed by atoms with van der Waals surface area (Å²) < 4.78 is 26.6. The van der Waals surface area contributed by atoms with E-state index in [2.05, 4.69) is 4.90 Å². The summed E-state index contributed by atoms with van der Waals surface area (Å²) in [6, 6.07) is 7.29. The molecule has 1 aromatic carbocycles. The van der Waals surface area contributed by atoms with E-state index in [0.717, 1.165) is 32.8 Å². The van der Waals surface area contributed by atoms with Crippen molar-refractivity contribution in [1.29, 1.82) is 0 Å². The third-order valence-electron chi connectivity index (χ3n) is 4.76. The maximum Gasteiger partial charge on any atom is 0.355 e. The van der Waals surface area contributed by atoms with E-state index in [1.165, 1.54) is 14.2 Å². The number of hydrogen-bond acceptors (Lipinski definition) is 9. The lowest BCUT2D eigenvalue weighted by Crippen LogP contribution is -2.39. The van der Waals surface area contributed by atoms with Crippen molar-refractivity contribution in [3.63, 3.8) is 0 Å². The summed E-state index contributed by atoms with van der Waals surface area (Å²) in [7, 11) is 2.52. The number of para-hydroxylation sites is 2. The Morgan fingerprint density at radius 1 is 1.03 bits per heavy atom. The van der Waals surface area contributed by atoms with Crippen LogP contribution in [-0.2, 0) is 28.5 Å². The lowest BCUT2D eigenvalue weighted by molar-refractivity contribution is -0.140. The summed E-state index contributed by atoms with van der Waals surface area (Å²) in [4.78, 5) is 28.5. The number of anilines is 1. The number of carbonyl (C=O) groups excluding carboxylic acids is 2. The van der Waals surface area contributed by atoms with Crippen LogP contribution in [0.1, 0.15) is 0 Å². The Labute approximate surface area is 169 Å². The van der Waals surface area contributed by atoms with Gasteiger partial charge in [-0.05, 0) is 12.1 Å². The summed E-state index contributed by atoms with van der Waals surface area (Å²) in [5.41, 5.74) is 0.805. The lowest BCUT2D eigenvalue weighted by Gasteiger charge is -2.32. The third kappa shape index (κ3) is 5.06. The van der Waals surface area contributed by atoms with Gasteiger partial charge in [-0.3, -0.25) is 4.90 Å². The molecule has 0 bridgehead atoms. The highest BCUT2D eigenvalue weighted by Crippen LogP contribution is 2.34. The van der Waals surface area contributed by atoms with Crippen molar-refractivity contribution in [1.82, 2.24) is 4.90 Å². The topological polar surface area (TPSA) is 86.8 Å². The highest BCUT2D eigenvalue weighted by molar-refractivity contribution is 6.03. The van der Waals surface area contributed by atoms with Crippen molar-refractivity contribution in [2.45, 2.75) is 0 Å². The van der Waals surface area contributed by atoms with E-state index in [-0.39, 0.29) is 24.6 Å². The van der Waals surface area contributed by atoms with Crippen LogP contribution in [0.15, 0.2) is 35.5 Å². The van der Waals surface area contributed by atoms with Crippen molar-refractivity contribution in [3.05, 3.63) is 35.5 Å². The van der Waals surface area contributed by atoms with Gasteiger partial charge in [0.25, 0.3) is 0 Å². The van der Waals surface area contributed by atoms with Crippen molar-refractivity contribution in [2.24, 2.45) is 0 Å². The minimum Gasteiger partial charge on any atom is -0.490 e. The lowest BCUT2D eigenvalue weighted by atomic mass is 10.1. The normalized spacial score (nSPS) is 17.8. The maximum absolute atomic E-state index is 12.5. The van der Waals surface area contributed by atoms with Crippen molar-refractivity contribution in [2.75, 3.05) is 71.9 Å². The molecule has 9 heteroatoms. The number of ether oxygens (including phenoxy) is 5. The van der Waals surface area contributed by atoms with Crippen LogP contribution in [0.25, 0.3) is 0 Å². The number of hydrogen-bond donors (Lipinski definition) is 0. The number of methoxy groups -OCH3 is 2. The van der Waals surface area contributed by atoms with Gasteiger partial charge in [0, 0.05) is 19.6 Å². The van der Waals surface area contributed by atoms with Gasteiger partial charge in [0.2, 0.25) is 0 Å². The zero-order valence-electron chi connectivity index (χ0n) is 16.7. The molecular formula is C20H26N2O7. The fourth-order valence-electron chi connectivity index (χ4n) is 3.25. The Kier molecular flexibility index (Phi) is 7.45. The minimum atomic E-state index is -0.642. The number of rotatable bonds is 7. The number of morpholine rings is 1. The molecule has 29 heavy (non-hydrogen) atoms. The number of benzene rings is 1. The van der Waals surface area contributed by atoms with Crippen LogP contribution in [0, 0.1) is 0 Å². The molecule has 9 nitrogen and oxygen atoms in total. The van der Waals surface area contributed by atoms with Crippen molar-refractivity contribution >= 4 is 17.6 Å². The van der Waals surface area contributed by atoms with Gasteiger partial charge >= 0.3 is 11.9 Å². The van der Waals surface area contributed by atoms with E-state index in [9.17, 15) is 9.59 Å². The van der Waals surface area contributed by atoms with Gasteiger partial charge < -0.3 is 28.6 Å². The monoisotopic (exact) mass is 406 g/mol. The second-order valence-corrected chi connectivity index (χ2v) is 6.49. The fourth-order valence-corrected chi connectivity index (χ4v) is 3.25. The fraction of sp³-hybridized carbons (Fsp3) is 0.500. The summed E-state index contributed by atoms with van der Waals surface area (Å²) >= 11 is 0. The van der Waals surface area contributed by atoms with Crippen LogP contribution in [0.3, 0.4) is 0 Å². The van der Waals surface area contributed by atoms with Gasteiger partial charge in [0.1, 0.15) is 24.8 Å². The van der Waals surface area contributed by atoms with Gasteiger partial charge in [-0.15, -0.1) is 0 Å². The molecule has 0 amide bonds. The zero-order chi connectivity index (χ0) is 20.6. The molecule has 0 aromatic heterocycles. The Morgan fingerprint density at radius 3 is 2.48 bits per heavy atom. The van der Waals surface area contributed by atoms with E-state index in [1.54, 1.807) is 11.0 Å². The van der Waals surface area contributed by atoms with Gasteiger partial charge in [-0.2, -0.15) is 0 Å². The molecule has 2 aliphatic rings. The number of esters is 2. The van der Waals surface area contributed by atoms with Gasteiger partial charge in [-0.1, -0.05) is 12.1 Å². The average molecular weight is 406 g/mol. The van der Waals surface area contributed by atoms with Crippen LogP contribution in [0.5, 0.6) is 5.75 Å². The molecule has 0 saturated carbocycles. The second kappa shape index (κ2) is 10.2. The molecule has 2 aliphatic heterocycles. The van der Waals surface area contributed by atoms with Crippen LogP contribution in [0.2, 0.25) is 0 Å². The van der Waals surface area contributed by atoms with Crippen LogP contribution in [0.4, 0.5) is 5.69 Å². The molecule has 0 aliphatic carbocycles. The van der Waals surface area contributed by atoms with Crippen LogP contribution >= 0.6 is 0 Å². The Hall–Kier alpha value is -2.62. The van der Waals surface area contributed by atoms with E-state index >= 15 is 0 Å². The molecule has 2 heterocycles. The van der Waals surface area contributed by atoms with E-state index in [4.69, 9.17) is 23.7 Å². The minimum absolute atomic E-state index is 0.0341. The van der Waals surface area contributed by atoms with Gasteiger partial charge in [0.05, 0.1) is 45.3 Å². The summed E-state index contributed by atoms with van der Waals surface area (Å²) in [5, 5.41) is 0. The van der Waals surface area contributed by atoms with E-state index in [1.807, 2.05) is 18.2 Å². The molecule has 0 unspecified atom stereocenters. The Balaban J connectivity index is 1.82. The molecule has 0 radical (unpaired) electrons. The molecule has 1 saturated heterocycles.